The van der Waals surface area contributed by atoms with Crippen LogP contribution in [0.3, 0.4) is 0 Å². The zero-order valence-corrected chi connectivity index (χ0v) is 11.2. The van der Waals surface area contributed by atoms with E-state index in [0.717, 1.165) is 17.7 Å². The number of nitrogen functional groups attached to an aromatic ring is 1. The van der Waals surface area contributed by atoms with Crippen LogP contribution < -0.4 is 15.8 Å². The minimum atomic E-state index is -0.485. The van der Waals surface area contributed by atoms with Gasteiger partial charge in [-0.05, 0) is 6.07 Å². The van der Waals surface area contributed by atoms with Gasteiger partial charge in [-0.15, -0.1) is 0 Å². The van der Waals surface area contributed by atoms with Gasteiger partial charge in [0, 0.05) is 12.0 Å². The molecule has 2 aromatic rings. The van der Waals surface area contributed by atoms with E-state index in [1.165, 1.54) is 12.1 Å². The molecule has 3 rings (SSSR count). The number of fused-ring (bicyclic) bond motifs is 1. The third-order valence-electron chi connectivity index (χ3n) is 3.32. The Kier molecular flexibility index (Phi) is 3.31. The standard InChI is InChI=1S/C14H14N4O3/c15-13-7-9(18(19)20)8-14(17-13)16-11-5-6-21-12-4-2-1-3-10(11)12/h1-4,7-8,11H,5-6H2,(H3,15,16,17). The Morgan fingerprint density at radius 1 is 1.38 bits per heavy atom. The highest BCUT2D eigenvalue weighted by molar-refractivity contribution is 5.54. The molecule has 7 heteroatoms. The number of ether oxygens (including phenoxy) is 1. The second-order valence-corrected chi connectivity index (χ2v) is 4.76. The quantitative estimate of drug-likeness (QED) is 0.663. The van der Waals surface area contributed by atoms with Gasteiger partial charge in [-0.1, -0.05) is 18.2 Å². The number of benzene rings is 1. The zero-order chi connectivity index (χ0) is 14.8. The molecule has 2 heterocycles. The molecule has 0 radical (unpaired) electrons. The second kappa shape index (κ2) is 5.28. The van der Waals surface area contributed by atoms with Gasteiger partial charge in [0.1, 0.15) is 17.4 Å². The molecule has 108 valence electrons. The predicted octanol–water partition coefficient (Wildman–Crippen LogP) is 2.51. The maximum absolute atomic E-state index is 10.9. The summed E-state index contributed by atoms with van der Waals surface area (Å²) in [5.74, 6) is 1.33. The van der Waals surface area contributed by atoms with Gasteiger partial charge in [0.25, 0.3) is 5.69 Å². The molecule has 21 heavy (non-hydrogen) atoms. The molecular weight excluding hydrogens is 272 g/mol. The summed E-state index contributed by atoms with van der Waals surface area (Å²) in [5, 5.41) is 14.1. The van der Waals surface area contributed by atoms with Crippen LogP contribution in [0.15, 0.2) is 36.4 Å². The highest BCUT2D eigenvalue weighted by atomic mass is 16.6. The number of rotatable bonds is 3. The molecule has 0 fully saturated rings. The summed E-state index contributed by atoms with van der Waals surface area (Å²) in [6, 6.07) is 10.3. The first-order chi connectivity index (χ1) is 10.1. The Morgan fingerprint density at radius 2 is 2.19 bits per heavy atom. The third kappa shape index (κ3) is 2.71. The molecule has 0 aliphatic carbocycles. The van der Waals surface area contributed by atoms with E-state index in [9.17, 15) is 10.1 Å². The van der Waals surface area contributed by atoms with Crippen LogP contribution in [0.5, 0.6) is 5.75 Å². The number of anilines is 2. The molecule has 1 aliphatic heterocycles. The molecule has 1 aromatic carbocycles. The van der Waals surface area contributed by atoms with Gasteiger partial charge in [-0.25, -0.2) is 4.98 Å². The minimum absolute atomic E-state index is 0.0103. The van der Waals surface area contributed by atoms with E-state index in [2.05, 4.69) is 10.3 Å². The Hall–Kier alpha value is -2.83. The number of nitrogens with one attached hydrogen (secondary N) is 1. The van der Waals surface area contributed by atoms with Gasteiger partial charge in [0.15, 0.2) is 0 Å². The first kappa shape index (κ1) is 13.2. The van der Waals surface area contributed by atoms with Crippen LogP contribution in [-0.2, 0) is 0 Å². The summed E-state index contributed by atoms with van der Waals surface area (Å²) in [7, 11) is 0. The van der Waals surface area contributed by atoms with Gasteiger partial charge in [0.05, 0.1) is 29.7 Å². The Balaban J connectivity index is 1.90. The largest absolute Gasteiger partial charge is 0.493 e. The third-order valence-corrected chi connectivity index (χ3v) is 3.32. The normalized spacial score (nSPS) is 16.7. The first-order valence-electron chi connectivity index (χ1n) is 6.54. The molecule has 0 bridgehead atoms. The maximum atomic E-state index is 10.9. The fraction of sp³-hybridized carbons (Fsp3) is 0.214. The maximum Gasteiger partial charge on any atom is 0.276 e. The van der Waals surface area contributed by atoms with Crippen LogP contribution in [0, 0.1) is 10.1 Å². The summed E-state index contributed by atoms with van der Waals surface area (Å²) in [6.45, 7) is 0.582. The van der Waals surface area contributed by atoms with Crippen LogP contribution in [0.2, 0.25) is 0 Å². The van der Waals surface area contributed by atoms with Crippen molar-refractivity contribution in [1.29, 1.82) is 0 Å². The molecule has 7 nitrogen and oxygen atoms in total. The van der Waals surface area contributed by atoms with Crippen LogP contribution in [0.4, 0.5) is 17.3 Å². The van der Waals surface area contributed by atoms with Crippen molar-refractivity contribution < 1.29 is 9.66 Å². The lowest BCUT2D eigenvalue weighted by atomic mass is 10.0. The summed E-state index contributed by atoms with van der Waals surface area (Å²) in [6.07, 6.45) is 0.751. The van der Waals surface area contributed by atoms with E-state index >= 15 is 0 Å². The Bertz CT molecular complexity index is 690. The van der Waals surface area contributed by atoms with E-state index in [1.807, 2.05) is 24.3 Å². The fourth-order valence-electron chi connectivity index (χ4n) is 2.39. The summed E-state index contributed by atoms with van der Waals surface area (Å²) < 4.78 is 5.58. The molecule has 0 saturated carbocycles. The van der Waals surface area contributed by atoms with E-state index in [0.29, 0.717) is 12.4 Å². The predicted molar refractivity (Wildman–Crippen MR) is 78.2 cm³/mol. The van der Waals surface area contributed by atoms with Crippen molar-refractivity contribution in [3.05, 3.63) is 52.1 Å². The summed E-state index contributed by atoms with van der Waals surface area (Å²) in [4.78, 5) is 14.5. The van der Waals surface area contributed by atoms with E-state index in [-0.39, 0.29) is 17.5 Å². The highest BCUT2D eigenvalue weighted by Crippen LogP contribution is 2.34. The number of aromatic nitrogens is 1. The van der Waals surface area contributed by atoms with E-state index in [1.54, 1.807) is 0 Å². The molecule has 0 spiro atoms. The summed E-state index contributed by atoms with van der Waals surface area (Å²) >= 11 is 0. The molecular formula is C14H14N4O3. The van der Waals surface area contributed by atoms with Gasteiger partial charge in [0.2, 0.25) is 0 Å². The van der Waals surface area contributed by atoms with Crippen molar-refractivity contribution in [1.82, 2.24) is 4.98 Å². The van der Waals surface area contributed by atoms with Gasteiger partial charge in [-0.3, -0.25) is 10.1 Å². The fourth-order valence-corrected chi connectivity index (χ4v) is 2.39. The number of hydrogen-bond acceptors (Lipinski definition) is 6. The molecule has 3 N–H and O–H groups in total. The minimum Gasteiger partial charge on any atom is -0.493 e. The SMILES string of the molecule is Nc1cc([N+](=O)[O-])cc(NC2CCOc3ccccc32)n1. The van der Waals surface area contributed by atoms with E-state index < -0.39 is 4.92 Å². The van der Waals surface area contributed by atoms with Crippen LogP contribution in [0.1, 0.15) is 18.0 Å². The van der Waals surface area contributed by atoms with Crippen molar-refractivity contribution >= 4 is 17.3 Å². The van der Waals surface area contributed by atoms with Crippen molar-refractivity contribution in [2.75, 3.05) is 17.7 Å². The van der Waals surface area contributed by atoms with Crippen molar-refractivity contribution in [3.63, 3.8) is 0 Å². The summed E-state index contributed by atoms with van der Waals surface area (Å²) in [5.41, 5.74) is 6.55. The van der Waals surface area contributed by atoms with Gasteiger partial charge in [-0.2, -0.15) is 0 Å². The number of nitrogens with two attached hydrogens (primary N) is 1. The molecule has 0 saturated heterocycles. The lowest BCUT2D eigenvalue weighted by Crippen LogP contribution is -2.21. The smallest absolute Gasteiger partial charge is 0.276 e. The van der Waals surface area contributed by atoms with Crippen LogP contribution in [-0.4, -0.2) is 16.5 Å². The van der Waals surface area contributed by atoms with Crippen LogP contribution in [0.25, 0.3) is 0 Å². The average Bonchev–Trinajstić information content (AvgIpc) is 2.47. The number of nitro groups is 1. The first-order valence-corrected chi connectivity index (χ1v) is 6.54. The zero-order valence-electron chi connectivity index (χ0n) is 11.2. The lowest BCUT2D eigenvalue weighted by Gasteiger charge is -2.27. The molecule has 0 amide bonds. The molecule has 1 unspecified atom stereocenters. The molecule has 1 aliphatic rings. The second-order valence-electron chi connectivity index (χ2n) is 4.76. The lowest BCUT2D eigenvalue weighted by molar-refractivity contribution is -0.384. The Labute approximate surface area is 120 Å². The van der Waals surface area contributed by atoms with Crippen molar-refractivity contribution in [2.45, 2.75) is 12.5 Å². The number of pyridine rings is 1. The van der Waals surface area contributed by atoms with Crippen molar-refractivity contribution in [3.8, 4) is 5.75 Å². The van der Waals surface area contributed by atoms with Crippen molar-refractivity contribution in [2.24, 2.45) is 0 Å². The molecule has 1 atom stereocenters. The topological polar surface area (TPSA) is 103 Å². The number of hydrogen-bond donors (Lipinski definition) is 2. The van der Waals surface area contributed by atoms with Gasteiger partial charge < -0.3 is 15.8 Å². The monoisotopic (exact) mass is 286 g/mol. The average molecular weight is 286 g/mol. The van der Waals surface area contributed by atoms with Crippen LogP contribution >= 0.6 is 0 Å². The van der Waals surface area contributed by atoms with Gasteiger partial charge >= 0.3 is 0 Å². The number of para-hydroxylation sites is 1. The molecule has 1 aromatic heterocycles. The number of nitrogens with zero attached hydrogens (tertiary/aromatic N) is 2. The van der Waals surface area contributed by atoms with E-state index in [4.69, 9.17) is 10.5 Å². The highest BCUT2D eigenvalue weighted by Gasteiger charge is 2.22. The Morgan fingerprint density at radius 3 is 3.00 bits per heavy atom.